The standard InChI is InChI=1S/C15H11ClN2O2/c1-9-2-4-11(16)14(6-9)18-8-17-12-7-10(15(19)20)3-5-13(12)18/h2-8H,1H3,(H,19,20). The molecule has 0 unspecified atom stereocenters. The maximum absolute atomic E-state index is 11.0. The second kappa shape index (κ2) is 4.65. The lowest BCUT2D eigenvalue weighted by Gasteiger charge is -2.08. The number of halogens is 1. The van der Waals surface area contributed by atoms with Crippen molar-refractivity contribution in [1.29, 1.82) is 0 Å². The van der Waals surface area contributed by atoms with E-state index in [1.807, 2.05) is 29.7 Å². The molecule has 0 bridgehead atoms. The largest absolute Gasteiger partial charge is 0.478 e. The highest BCUT2D eigenvalue weighted by Crippen LogP contribution is 2.26. The van der Waals surface area contributed by atoms with Crippen molar-refractivity contribution in [1.82, 2.24) is 9.55 Å². The fraction of sp³-hybridized carbons (Fsp3) is 0.0667. The number of fused-ring (bicyclic) bond motifs is 1. The maximum Gasteiger partial charge on any atom is 0.335 e. The van der Waals surface area contributed by atoms with Crippen molar-refractivity contribution in [2.75, 3.05) is 0 Å². The van der Waals surface area contributed by atoms with Gasteiger partial charge in [-0.2, -0.15) is 0 Å². The zero-order valence-corrected chi connectivity index (χ0v) is 11.4. The zero-order valence-electron chi connectivity index (χ0n) is 10.7. The molecule has 3 rings (SSSR count). The first-order valence-corrected chi connectivity index (χ1v) is 6.41. The minimum absolute atomic E-state index is 0.220. The number of rotatable bonds is 2. The van der Waals surface area contributed by atoms with Crippen LogP contribution in [0, 0.1) is 6.92 Å². The highest BCUT2D eigenvalue weighted by molar-refractivity contribution is 6.32. The molecule has 0 spiro atoms. The average molecular weight is 287 g/mol. The Balaban J connectivity index is 2.22. The highest BCUT2D eigenvalue weighted by atomic mass is 35.5. The van der Waals surface area contributed by atoms with E-state index in [9.17, 15) is 4.79 Å². The van der Waals surface area contributed by atoms with Gasteiger partial charge >= 0.3 is 5.97 Å². The van der Waals surface area contributed by atoms with Gasteiger partial charge in [0.1, 0.15) is 6.33 Å². The number of benzene rings is 2. The van der Waals surface area contributed by atoms with Crippen LogP contribution in [-0.2, 0) is 0 Å². The van der Waals surface area contributed by atoms with E-state index in [1.54, 1.807) is 24.5 Å². The molecule has 0 fully saturated rings. The van der Waals surface area contributed by atoms with Crippen LogP contribution in [0.2, 0.25) is 5.02 Å². The third-order valence-corrected chi connectivity index (χ3v) is 3.47. The number of imidazole rings is 1. The van der Waals surface area contributed by atoms with Crippen LogP contribution in [0.25, 0.3) is 16.7 Å². The summed E-state index contributed by atoms with van der Waals surface area (Å²) in [5, 5.41) is 9.62. The third-order valence-electron chi connectivity index (χ3n) is 3.16. The fourth-order valence-corrected chi connectivity index (χ4v) is 2.35. The van der Waals surface area contributed by atoms with Gasteiger partial charge < -0.3 is 5.11 Å². The van der Waals surface area contributed by atoms with Gasteiger partial charge in [-0.15, -0.1) is 0 Å². The molecule has 0 radical (unpaired) electrons. The number of carbonyl (C=O) groups is 1. The molecular weight excluding hydrogens is 276 g/mol. The van der Waals surface area contributed by atoms with Crippen molar-refractivity contribution in [3.63, 3.8) is 0 Å². The van der Waals surface area contributed by atoms with Gasteiger partial charge in [-0.3, -0.25) is 4.57 Å². The molecule has 3 aromatic rings. The van der Waals surface area contributed by atoms with Crippen LogP contribution in [-0.4, -0.2) is 20.6 Å². The molecule has 1 aromatic heterocycles. The molecule has 20 heavy (non-hydrogen) atoms. The van der Waals surface area contributed by atoms with Crippen molar-refractivity contribution >= 4 is 28.6 Å². The molecule has 0 saturated carbocycles. The summed E-state index contributed by atoms with van der Waals surface area (Å²) in [7, 11) is 0. The monoisotopic (exact) mass is 286 g/mol. The Bertz CT molecular complexity index is 824. The first kappa shape index (κ1) is 12.7. The van der Waals surface area contributed by atoms with E-state index in [2.05, 4.69) is 4.98 Å². The van der Waals surface area contributed by atoms with Crippen molar-refractivity contribution < 1.29 is 9.90 Å². The van der Waals surface area contributed by atoms with Crippen molar-refractivity contribution in [3.05, 3.63) is 58.9 Å². The Morgan fingerprint density at radius 2 is 2.05 bits per heavy atom. The first-order valence-electron chi connectivity index (χ1n) is 6.03. The van der Waals surface area contributed by atoms with Crippen LogP contribution in [0.4, 0.5) is 0 Å². The molecule has 4 nitrogen and oxygen atoms in total. The molecule has 2 aromatic carbocycles. The number of hydrogen-bond acceptors (Lipinski definition) is 2. The number of nitrogens with zero attached hydrogens (tertiary/aromatic N) is 2. The summed E-state index contributed by atoms with van der Waals surface area (Å²) >= 11 is 6.23. The lowest BCUT2D eigenvalue weighted by molar-refractivity contribution is 0.0697. The molecule has 5 heteroatoms. The normalized spacial score (nSPS) is 10.9. The van der Waals surface area contributed by atoms with Gasteiger partial charge in [-0.05, 0) is 42.8 Å². The lowest BCUT2D eigenvalue weighted by Crippen LogP contribution is -1.97. The second-order valence-corrected chi connectivity index (χ2v) is 4.99. The quantitative estimate of drug-likeness (QED) is 0.782. The molecule has 0 aliphatic carbocycles. The molecule has 100 valence electrons. The van der Waals surface area contributed by atoms with Gasteiger partial charge in [0.15, 0.2) is 0 Å². The van der Waals surface area contributed by atoms with Crippen molar-refractivity contribution in [2.24, 2.45) is 0 Å². The van der Waals surface area contributed by atoms with Crippen LogP contribution < -0.4 is 0 Å². The third kappa shape index (κ3) is 2.04. The van der Waals surface area contributed by atoms with Crippen LogP contribution in [0.1, 0.15) is 15.9 Å². The Kier molecular flexibility index (Phi) is 2.95. The van der Waals surface area contributed by atoms with E-state index in [0.717, 1.165) is 16.8 Å². The van der Waals surface area contributed by atoms with E-state index in [-0.39, 0.29) is 5.56 Å². The summed E-state index contributed by atoms with van der Waals surface area (Å²) in [5.74, 6) is -0.963. The number of aryl methyl sites for hydroxylation is 1. The van der Waals surface area contributed by atoms with E-state index in [4.69, 9.17) is 16.7 Å². The smallest absolute Gasteiger partial charge is 0.335 e. The van der Waals surface area contributed by atoms with Crippen LogP contribution >= 0.6 is 11.6 Å². The summed E-state index contributed by atoms with van der Waals surface area (Å²) in [6.45, 7) is 1.99. The predicted molar refractivity (Wildman–Crippen MR) is 77.8 cm³/mol. The fourth-order valence-electron chi connectivity index (χ4n) is 2.14. The lowest BCUT2D eigenvalue weighted by atomic mass is 10.2. The molecule has 0 aliphatic rings. The van der Waals surface area contributed by atoms with E-state index in [0.29, 0.717) is 10.5 Å². The minimum atomic E-state index is -0.963. The molecule has 1 heterocycles. The number of carboxylic acids is 1. The predicted octanol–water partition coefficient (Wildman–Crippen LogP) is 3.69. The second-order valence-electron chi connectivity index (χ2n) is 4.58. The average Bonchev–Trinajstić information content (AvgIpc) is 2.84. The van der Waals surface area contributed by atoms with Crippen molar-refractivity contribution in [3.8, 4) is 5.69 Å². The van der Waals surface area contributed by atoms with Gasteiger partial charge in [0, 0.05) is 0 Å². The number of aromatic nitrogens is 2. The molecule has 0 aliphatic heterocycles. The maximum atomic E-state index is 11.0. The summed E-state index contributed by atoms with van der Waals surface area (Å²) in [6.07, 6.45) is 1.65. The van der Waals surface area contributed by atoms with Gasteiger partial charge in [0.25, 0.3) is 0 Å². The van der Waals surface area contributed by atoms with E-state index >= 15 is 0 Å². The summed E-state index contributed by atoms with van der Waals surface area (Å²) in [4.78, 5) is 15.2. The number of hydrogen-bond donors (Lipinski definition) is 1. The summed E-state index contributed by atoms with van der Waals surface area (Å²) < 4.78 is 1.86. The number of carboxylic acid groups (broad SMARTS) is 1. The topological polar surface area (TPSA) is 55.1 Å². The first-order chi connectivity index (χ1) is 9.56. The molecule has 1 N–H and O–H groups in total. The number of aromatic carboxylic acids is 1. The van der Waals surface area contributed by atoms with Gasteiger partial charge in [-0.25, -0.2) is 9.78 Å². The molecule has 0 saturated heterocycles. The van der Waals surface area contributed by atoms with Gasteiger partial charge in [0.2, 0.25) is 0 Å². The Hall–Kier alpha value is -2.33. The molecule has 0 atom stereocenters. The van der Waals surface area contributed by atoms with Crippen LogP contribution in [0.3, 0.4) is 0 Å². The minimum Gasteiger partial charge on any atom is -0.478 e. The van der Waals surface area contributed by atoms with Gasteiger partial charge in [-0.1, -0.05) is 17.7 Å². The van der Waals surface area contributed by atoms with E-state index < -0.39 is 5.97 Å². The van der Waals surface area contributed by atoms with Gasteiger partial charge in [0.05, 0.1) is 27.3 Å². The van der Waals surface area contributed by atoms with Crippen LogP contribution in [0.5, 0.6) is 0 Å². The molecular formula is C15H11ClN2O2. The Labute approximate surface area is 120 Å². The molecule has 0 amide bonds. The zero-order chi connectivity index (χ0) is 14.3. The Morgan fingerprint density at radius 3 is 2.80 bits per heavy atom. The SMILES string of the molecule is Cc1ccc(Cl)c(-n2cnc3cc(C(=O)O)ccc32)c1. The van der Waals surface area contributed by atoms with E-state index in [1.165, 1.54) is 0 Å². The highest BCUT2D eigenvalue weighted by Gasteiger charge is 2.10. The Morgan fingerprint density at radius 1 is 1.25 bits per heavy atom. The van der Waals surface area contributed by atoms with Crippen molar-refractivity contribution in [2.45, 2.75) is 6.92 Å². The van der Waals surface area contributed by atoms with Crippen LogP contribution in [0.15, 0.2) is 42.7 Å². The summed E-state index contributed by atoms with van der Waals surface area (Å²) in [5.41, 5.74) is 3.59. The summed E-state index contributed by atoms with van der Waals surface area (Å²) in [6, 6.07) is 10.6.